The lowest BCUT2D eigenvalue weighted by Gasteiger charge is -2.55. The van der Waals surface area contributed by atoms with Gasteiger partial charge >= 0.3 is 0 Å². The van der Waals surface area contributed by atoms with Crippen LogP contribution in [0.1, 0.15) is 44.2 Å². The van der Waals surface area contributed by atoms with Crippen molar-refractivity contribution in [2.24, 2.45) is 42.4 Å². The van der Waals surface area contributed by atoms with E-state index in [1.807, 2.05) is 13.2 Å². The molecule has 4 heteroatoms. The molecule has 4 nitrogen and oxygen atoms in total. The maximum Gasteiger partial charge on any atom is 0.0842 e. The van der Waals surface area contributed by atoms with Gasteiger partial charge in [0.05, 0.1) is 5.69 Å². The molecule has 4 aliphatic rings. The summed E-state index contributed by atoms with van der Waals surface area (Å²) in [4.78, 5) is 0. The molecule has 110 valence electrons. The fourth-order valence-electron chi connectivity index (χ4n) is 5.61. The van der Waals surface area contributed by atoms with E-state index in [1.165, 1.54) is 38.5 Å². The Morgan fingerprint density at radius 1 is 1.20 bits per heavy atom. The molecule has 5 rings (SSSR count). The van der Waals surface area contributed by atoms with Crippen molar-refractivity contribution in [3.8, 4) is 0 Å². The van der Waals surface area contributed by atoms with Gasteiger partial charge in [0, 0.05) is 25.7 Å². The van der Waals surface area contributed by atoms with Crippen LogP contribution in [0, 0.1) is 29.6 Å². The normalized spacial score (nSPS) is 40.2. The minimum Gasteiger partial charge on any atom is -0.327 e. The first-order chi connectivity index (χ1) is 9.67. The SMILES string of the molecule is Cn1cc(CC(N)CC2C3CC4CC(C3)CC2C4)nn1. The first kappa shape index (κ1) is 12.8. The summed E-state index contributed by atoms with van der Waals surface area (Å²) < 4.78 is 1.77. The van der Waals surface area contributed by atoms with Crippen LogP contribution in [0.5, 0.6) is 0 Å². The summed E-state index contributed by atoms with van der Waals surface area (Å²) >= 11 is 0. The van der Waals surface area contributed by atoms with E-state index in [0.29, 0.717) is 0 Å². The Balaban J connectivity index is 1.39. The predicted molar refractivity (Wildman–Crippen MR) is 77.8 cm³/mol. The lowest BCUT2D eigenvalue weighted by Crippen LogP contribution is -2.47. The van der Waals surface area contributed by atoms with Gasteiger partial charge in [-0.1, -0.05) is 5.21 Å². The average Bonchev–Trinajstić information content (AvgIpc) is 2.78. The van der Waals surface area contributed by atoms with E-state index in [1.54, 1.807) is 4.68 Å². The maximum absolute atomic E-state index is 6.42. The van der Waals surface area contributed by atoms with Crippen molar-refractivity contribution in [1.82, 2.24) is 15.0 Å². The fraction of sp³-hybridized carbons (Fsp3) is 0.875. The van der Waals surface area contributed by atoms with Gasteiger partial charge in [0.15, 0.2) is 0 Å². The lowest BCUT2D eigenvalue weighted by molar-refractivity contribution is -0.0419. The van der Waals surface area contributed by atoms with E-state index in [9.17, 15) is 0 Å². The average molecular weight is 274 g/mol. The zero-order valence-corrected chi connectivity index (χ0v) is 12.4. The van der Waals surface area contributed by atoms with Crippen LogP contribution in [-0.2, 0) is 13.5 Å². The van der Waals surface area contributed by atoms with Gasteiger partial charge in [0.25, 0.3) is 0 Å². The first-order valence-electron chi connectivity index (χ1n) is 8.28. The second kappa shape index (κ2) is 4.83. The standard InChI is InChI=1S/C16H26N4/c1-20-9-15(18-19-20)7-14(17)8-16-12-3-10-2-11(5-12)6-13(16)4-10/h9-14,16H,2-8,17H2,1H3. The Morgan fingerprint density at radius 2 is 1.85 bits per heavy atom. The number of nitrogens with zero attached hydrogens (tertiary/aromatic N) is 3. The molecule has 1 unspecified atom stereocenters. The quantitative estimate of drug-likeness (QED) is 0.915. The molecule has 2 N–H and O–H groups in total. The highest BCUT2D eigenvalue weighted by atomic mass is 15.4. The molecule has 0 saturated heterocycles. The van der Waals surface area contributed by atoms with Crippen LogP contribution in [0.15, 0.2) is 6.20 Å². The molecule has 0 aromatic carbocycles. The zero-order valence-electron chi connectivity index (χ0n) is 12.4. The van der Waals surface area contributed by atoms with Crippen molar-refractivity contribution in [3.05, 3.63) is 11.9 Å². The molecule has 1 aromatic rings. The van der Waals surface area contributed by atoms with Crippen molar-refractivity contribution >= 4 is 0 Å². The third-order valence-corrected chi connectivity index (χ3v) is 6.12. The van der Waals surface area contributed by atoms with Crippen molar-refractivity contribution < 1.29 is 0 Å². The first-order valence-corrected chi connectivity index (χ1v) is 8.28. The van der Waals surface area contributed by atoms with Gasteiger partial charge in [-0.2, -0.15) is 0 Å². The molecule has 0 aliphatic heterocycles. The molecular formula is C16H26N4. The Hall–Kier alpha value is -0.900. The molecule has 1 aromatic heterocycles. The summed E-state index contributed by atoms with van der Waals surface area (Å²) in [6, 6.07) is 0.259. The lowest BCUT2D eigenvalue weighted by atomic mass is 9.51. The van der Waals surface area contributed by atoms with E-state index < -0.39 is 0 Å². The monoisotopic (exact) mass is 274 g/mol. The van der Waals surface area contributed by atoms with Crippen molar-refractivity contribution in [2.45, 2.75) is 51.0 Å². The van der Waals surface area contributed by atoms with E-state index in [2.05, 4.69) is 10.3 Å². The number of rotatable bonds is 4. The zero-order chi connectivity index (χ0) is 13.7. The van der Waals surface area contributed by atoms with Crippen LogP contribution in [0.25, 0.3) is 0 Å². The predicted octanol–water partition coefficient (Wildman–Crippen LogP) is 2.15. The van der Waals surface area contributed by atoms with Crippen LogP contribution in [0.2, 0.25) is 0 Å². The van der Waals surface area contributed by atoms with Crippen molar-refractivity contribution in [2.75, 3.05) is 0 Å². The second-order valence-electron chi connectivity index (χ2n) is 7.68. The van der Waals surface area contributed by atoms with Gasteiger partial charge in [0.2, 0.25) is 0 Å². The van der Waals surface area contributed by atoms with E-state index in [4.69, 9.17) is 5.73 Å². The topological polar surface area (TPSA) is 56.7 Å². The summed E-state index contributed by atoms with van der Waals surface area (Å²) in [7, 11) is 1.92. The smallest absolute Gasteiger partial charge is 0.0842 e. The molecule has 1 heterocycles. The fourth-order valence-corrected chi connectivity index (χ4v) is 5.61. The van der Waals surface area contributed by atoms with Gasteiger partial charge in [-0.25, -0.2) is 0 Å². The summed E-state index contributed by atoms with van der Waals surface area (Å²) in [5.41, 5.74) is 7.46. The molecule has 20 heavy (non-hydrogen) atoms. The van der Waals surface area contributed by atoms with E-state index in [-0.39, 0.29) is 6.04 Å². The summed E-state index contributed by atoms with van der Waals surface area (Å²) in [5, 5.41) is 8.17. The molecular weight excluding hydrogens is 248 g/mol. The molecule has 1 atom stereocenters. The van der Waals surface area contributed by atoms with Gasteiger partial charge in [-0.05, 0) is 68.1 Å². The minimum absolute atomic E-state index is 0.259. The van der Waals surface area contributed by atoms with Crippen LogP contribution in [0.3, 0.4) is 0 Å². The summed E-state index contributed by atoms with van der Waals surface area (Å²) in [6.45, 7) is 0. The van der Waals surface area contributed by atoms with Crippen LogP contribution >= 0.6 is 0 Å². The van der Waals surface area contributed by atoms with Gasteiger partial charge < -0.3 is 5.73 Å². The molecule has 4 saturated carbocycles. The molecule has 0 radical (unpaired) electrons. The number of aryl methyl sites for hydroxylation is 1. The van der Waals surface area contributed by atoms with Crippen molar-refractivity contribution in [3.63, 3.8) is 0 Å². The summed E-state index contributed by atoms with van der Waals surface area (Å²) in [6.07, 6.45) is 11.6. The second-order valence-corrected chi connectivity index (χ2v) is 7.68. The number of hydrogen-bond donors (Lipinski definition) is 1. The van der Waals surface area contributed by atoms with E-state index >= 15 is 0 Å². The Bertz CT molecular complexity index is 453. The third-order valence-electron chi connectivity index (χ3n) is 6.12. The molecule has 0 spiro atoms. The minimum atomic E-state index is 0.259. The molecule has 4 fully saturated rings. The Kier molecular flexibility index (Phi) is 3.09. The van der Waals surface area contributed by atoms with E-state index in [0.717, 1.165) is 41.7 Å². The molecule has 4 bridgehead atoms. The molecule has 0 amide bonds. The number of aromatic nitrogens is 3. The molecule has 4 aliphatic carbocycles. The summed E-state index contributed by atoms with van der Waals surface area (Å²) in [5.74, 6) is 4.99. The number of hydrogen-bond acceptors (Lipinski definition) is 3. The highest BCUT2D eigenvalue weighted by molar-refractivity contribution is 5.01. The van der Waals surface area contributed by atoms with Gasteiger partial charge in [0.1, 0.15) is 0 Å². The van der Waals surface area contributed by atoms with Crippen molar-refractivity contribution in [1.29, 1.82) is 0 Å². The Labute approximate surface area is 121 Å². The van der Waals surface area contributed by atoms with Gasteiger partial charge in [-0.3, -0.25) is 4.68 Å². The third kappa shape index (κ3) is 2.28. The highest BCUT2D eigenvalue weighted by Gasteiger charge is 2.48. The van der Waals surface area contributed by atoms with Gasteiger partial charge in [-0.15, -0.1) is 5.10 Å². The maximum atomic E-state index is 6.42. The van der Waals surface area contributed by atoms with Crippen LogP contribution in [-0.4, -0.2) is 21.0 Å². The number of nitrogens with two attached hydrogens (primary N) is 1. The highest BCUT2D eigenvalue weighted by Crippen LogP contribution is 2.57. The largest absolute Gasteiger partial charge is 0.327 e. The Morgan fingerprint density at radius 3 is 2.40 bits per heavy atom. The van der Waals surface area contributed by atoms with Crippen LogP contribution < -0.4 is 5.73 Å². The van der Waals surface area contributed by atoms with Crippen LogP contribution in [0.4, 0.5) is 0 Å².